The van der Waals surface area contributed by atoms with E-state index in [1.165, 1.54) is 77.1 Å². The first-order valence-electron chi connectivity index (χ1n) is 20.6. The third kappa shape index (κ3) is 6.41. The van der Waals surface area contributed by atoms with E-state index >= 15 is 0 Å². The van der Waals surface area contributed by atoms with Crippen molar-refractivity contribution in [2.24, 2.45) is 0 Å². The minimum absolute atomic E-state index is 1.10. The van der Waals surface area contributed by atoms with Crippen molar-refractivity contribution in [3.8, 4) is 50.2 Å². The highest BCUT2D eigenvalue weighted by atomic mass is 15.1. The van der Waals surface area contributed by atoms with Crippen molar-refractivity contribution in [3.05, 3.63) is 243 Å². The van der Waals surface area contributed by atoms with Gasteiger partial charge in [0.2, 0.25) is 0 Å². The molecule has 0 spiro atoms. The molecule has 11 aromatic rings. The third-order valence-electron chi connectivity index (χ3n) is 11.8. The van der Waals surface area contributed by atoms with Gasteiger partial charge in [-0.1, -0.05) is 182 Å². The first-order valence-corrected chi connectivity index (χ1v) is 20.6. The number of hydrogen-bond acceptors (Lipinski definition) is 1. The Balaban J connectivity index is 0.885. The monoisotopic (exact) mass is 764 g/mol. The number of rotatable bonds is 8. The van der Waals surface area contributed by atoms with E-state index in [1.54, 1.807) is 0 Å². The Labute approximate surface area is 350 Å². The molecule has 0 unspecified atom stereocenters. The second-order valence-electron chi connectivity index (χ2n) is 15.4. The van der Waals surface area contributed by atoms with E-state index in [-0.39, 0.29) is 0 Å². The lowest BCUT2D eigenvalue weighted by molar-refractivity contribution is 1.18. The molecule has 0 bridgehead atoms. The molecule has 282 valence electrons. The Hall–Kier alpha value is -7.94. The fraction of sp³-hybridized carbons (Fsp3) is 0. The maximum absolute atomic E-state index is 2.36. The smallest absolute Gasteiger partial charge is 0.0541 e. The number of para-hydroxylation sites is 2. The van der Waals surface area contributed by atoms with Crippen molar-refractivity contribution in [1.82, 2.24) is 4.57 Å². The van der Waals surface area contributed by atoms with Gasteiger partial charge in [-0.3, -0.25) is 0 Å². The molecule has 2 nitrogen and oxygen atoms in total. The average Bonchev–Trinajstić information content (AvgIpc) is 3.67. The normalized spacial score (nSPS) is 11.3. The Kier molecular flexibility index (Phi) is 8.87. The molecule has 0 saturated carbocycles. The predicted octanol–water partition coefficient (Wildman–Crippen LogP) is 16.1. The van der Waals surface area contributed by atoms with Crippen molar-refractivity contribution in [2.75, 3.05) is 4.90 Å². The summed E-state index contributed by atoms with van der Waals surface area (Å²) in [6, 6.07) is 87.7. The Morgan fingerprint density at radius 1 is 0.250 bits per heavy atom. The molecule has 60 heavy (non-hydrogen) atoms. The van der Waals surface area contributed by atoms with Gasteiger partial charge in [0.1, 0.15) is 0 Å². The lowest BCUT2D eigenvalue weighted by Gasteiger charge is -2.26. The summed E-state index contributed by atoms with van der Waals surface area (Å²) in [5, 5.41) is 5.06. The number of benzene rings is 10. The fourth-order valence-electron chi connectivity index (χ4n) is 8.81. The van der Waals surface area contributed by atoms with Crippen LogP contribution in [0.2, 0.25) is 0 Å². The molecule has 0 aliphatic heterocycles. The minimum Gasteiger partial charge on any atom is -0.311 e. The summed E-state index contributed by atoms with van der Waals surface area (Å²) in [5.74, 6) is 0. The molecule has 0 atom stereocenters. The van der Waals surface area contributed by atoms with Gasteiger partial charge < -0.3 is 9.47 Å². The van der Waals surface area contributed by atoms with E-state index < -0.39 is 0 Å². The van der Waals surface area contributed by atoms with Crippen molar-refractivity contribution >= 4 is 49.6 Å². The zero-order valence-corrected chi connectivity index (χ0v) is 33.0. The van der Waals surface area contributed by atoms with Gasteiger partial charge in [0.05, 0.1) is 11.0 Å². The topological polar surface area (TPSA) is 8.17 Å². The summed E-state index contributed by atoms with van der Waals surface area (Å²) >= 11 is 0. The summed E-state index contributed by atoms with van der Waals surface area (Å²) in [6.45, 7) is 0. The van der Waals surface area contributed by atoms with Crippen LogP contribution in [-0.2, 0) is 0 Å². The highest BCUT2D eigenvalue weighted by Crippen LogP contribution is 2.39. The van der Waals surface area contributed by atoms with Crippen LogP contribution in [0.3, 0.4) is 0 Å². The highest BCUT2D eigenvalue weighted by Gasteiger charge is 2.15. The Morgan fingerprint density at radius 2 is 0.617 bits per heavy atom. The van der Waals surface area contributed by atoms with Gasteiger partial charge in [0, 0.05) is 33.5 Å². The van der Waals surface area contributed by atoms with Crippen LogP contribution in [0.15, 0.2) is 243 Å². The standard InChI is InChI=1S/C58H40N2/c1-2-11-41(12-3-1)44-25-33-49(34-26-44)59(51-39-31-48(32-40-51)54-18-10-14-47-13-4-5-15-53(47)54)50-35-27-45(28-36-50)42-21-23-43(24-22-42)46-29-37-52(38-30-46)60-57-19-8-6-16-55(57)56-17-7-9-20-58(56)60/h1-40H. The largest absolute Gasteiger partial charge is 0.311 e. The predicted molar refractivity (Wildman–Crippen MR) is 255 cm³/mol. The molecule has 1 heterocycles. The summed E-state index contributed by atoms with van der Waals surface area (Å²) in [6.07, 6.45) is 0. The van der Waals surface area contributed by atoms with E-state index in [2.05, 4.69) is 252 Å². The molecule has 2 heteroatoms. The van der Waals surface area contributed by atoms with Gasteiger partial charge >= 0.3 is 0 Å². The molecule has 0 fully saturated rings. The van der Waals surface area contributed by atoms with Gasteiger partial charge in [-0.15, -0.1) is 0 Å². The molecule has 0 amide bonds. The minimum atomic E-state index is 1.10. The van der Waals surface area contributed by atoms with E-state index in [1.807, 2.05) is 0 Å². The van der Waals surface area contributed by atoms with Crippen LogP contribution in [0.4, 0.5) is 17.1 Å². The second-order valence-corrected chi connectivity index (χ2v) is 15.4. The van der Waals surface area contributed by atoms with Crippen LogP contribution in [0, 0.1) is 0 Å². The van der Waals surface area contributed by atoms with Gasteiger partial charge in [0.25, 0.3) is 0 Å². The van der Waals surface area contributed by atoms with Crippen LogP contribution in [-0.4, -0.2) is 4.57 Å². The van der Waals surface area contributed by atoms with Crippen LogP contribution >= 0.6 is 0 Å². The lowest BCUT2D eigenvalue weighted by Crippen LogP contribution is -2.09. The van der Waals surface area contributed by atoms with E-state index in [0.717, 1.165) is 22.7 Å². The van der Waals surface area contributed by atoms with Crippen molar-refractivity contribution in [1.29, 1.82) is 0 Å². The Bertz CT molecular complexity index is 3190. The summed E-state index contributed by atoms with van der Waals surface area (Å²) in [5.41, 5.74) is 16.5. The van der Waals surface area contributed by atoms with Gasteiger partial charge in [-0.05, 0) is 116 Å². The lowest BCUT2D eigenvalue weighted by atomic mass is 9.98. The van der Waals surface area contributed by atoms with Crippen LogP contribution in [0.1, 0.15) is 0 Å². The average molecular weight is 765 g/mol. The van der Waals surface area contributed by atoms with E-state index in [0.29, 0.717) is 0 Å². The number of aromatic nitrogens is 1. The molecule has 0 aliphatic rings. The van der Waals surface area contributed by atoms with Gasteiger partial charge in [0.15, 0.2) is 0 Å². The maximum atomic E-state index is 2.36. The van der Waals surface area contributed by atoms with Crippen molar-refractivity contribution in [2.45, 2.75) is 0 Å². The van der Waals surface area contributed by atoms with Gasteiger partial charge in [-0.25, -0.2) is 0 Å². The molecule has 11 rings (SSSR count). The molecule has 0 N–H and O–H groups in total. The van der Waals surface area contributed by atoms with Crippen LogP contribution in [0.5, 0.6) is 0 Å². The maximum Gasteiger partial charge on any atom is 0.0541 e. The molecular weight excluding hydrogens is 725 g/mol. The van der Waals surface area contributed by atoms with Crippen LogP contribution < -0.4 is 4.90 Å². The number of anilines is 3. The molecule has 1 aromatic heterocycles. The summed E-state index contributed by atoms with van der Waals surface area (Å²) < 4.78 is 2.36. The SMILES string of the molecule is c1ccc(-c2ccc(N(c3ccc(-c4ccc(-c5ccc(-n6c7ccccc7c7ccccc76)cc5)cc4)cc3)c3ccc(-c4cccc5ccccc45)cc3)cc2)cc1. The van der Waals surface area contributed by atoms with Crippen LogP contribution in [0.25, 0.3) is 82.8 Å². The number of nitrogens with zero attached hydrogens (tertiary/aromatic N) is 2. The third-order valence-corrected chi connectivity index (χ3v) is 11.8. The highest BCUT2D eigenvalue weighted by molar-refractivity contribution is 6.09. The van der Waals surface area contributed by atoms with Crippen molar-refractivity contribution < 1.29 is 0 Å². The first kappa shape index (κ1) is 35.2. The summed E-state index contributed by atoms with van der Waals surface area (Å²) in [7, 11) is 0. The fourth-order valence-corrected chi connectivity index (χ4v) is 8.81. The number of hydrogen-bond donors (Lipinski definition) is 0. The quantitative estimate of drug-likeness (QED) is 0.150. The van der Waals surface area contributed by atoms with E-state index in [9.17, 15) is 0 Å². The molecule has 0 radical (unpaired) electrons. The van der Waals surface area contributed by atoms with E-state index in [4.69, 9.17) is 0 Å². The molecule has 0 aliphatic carbocycles. The second kappa shape index (κ2) is 15.1. The zero-order valence-electron chi connectivity index (χ0n) is 33.0. The zero-order chi connectivity index (χ0) is 39.8. The molecule has 10 aromatic carbocycles. The summed E-state index contributed by atoms with van der Waals surface area (Å²) in [4.78, 5) is 2.34. The van der Waals surface area contributed by atoms with Crippen molar-refractivity contribution in [3.63, 3.8) is 0 Å². The molecular formula is C58H40N2. The first-order chi connectivity index (χ1) is 29.7. The molecule has 0 saturated heterocycles. The Morgan fingerprint density at radius 3 is 1.13 bits per heavy atom. The number of fused-ring (bicyclic) bond motifs is 4. The van der Waals surface area contributed by atoms with Gasteiger partial charge in [-0.2, -0.15) is 0 Å².